The minimum Gasteiger partial charge on any atom is -0.392 e. The quantitative estimate of drug-likeness (QED) is 0.754. The number of nitriles is 1. The Labute approximate surface area is 77.2 Å². The fourth-order valence-electron chi connectivity index (χ4n) is 1.17. The van der Waals surface area contributed by atoms with Crippen molar-refractivity contribution in [3.8, 4) is 6.07 Å². The number of methoxy groups -OCH3 is 1. The van der Waals surface area contributed by atoms with E-state index in [4.69, 9.17) is 15.1 Å². The van der Waals surface area contributed by atoms with Crippen molar-refractivity contribution in [1.82, 2.24) is 0 Å². The van der Waals surface area contributed by atoms with Crippen LogP contribution < -0.4 is 0 Å². The lowest BCUT2D eigenvalue weighted by Gasteiger charge is -2.03. The van der Waals surface area contributed by atoms with Crippen molar-refractivity contribution in [2.75, 3.05) is 7.11 Å². The van der Waals surface area contributed by atoms with Crippen LogP contribution in [0.25, 0.3) is 0 Å². The molecule has 0 spiro atoms. The number of ether oxygens (including phenoxy) is 1. The summed E-state index contributed by atoms with van der Waals surface area (Å²) in [5.74, 6) is 0. The van der Waals surface area contributed by atoms with Crippen molar-refractivity contribution in [2.45, 2.75) is 13.2 Å². The van der Waals surface area contributed by atoms with E-state index in [-0.39, 0.29) is 6.61 Å². The topological polar surface area (TPSA) is 53.2 Å². The zero-order valence-electron chi connectivity index (χ0n) is 7.45. The van der Waals surface area contributed by atoms with E-state index in [2.05, 4.69) is 0 Å². The molecule has 0 saturated heterocycles. The van der Waals surface area contributed by atoms with Gasteiger partial charge in [-0.15, -0.1) is 0 Å². The first-order valence-corrected chi connectivity index (χ1v) is 3.93. The molecule has 0 amide bonds. The van der Waals surface area contributed by atoms with Gasteiger partial charge < -0.3 is 9.84 Å². The van der Waals surface area contributed by atoms with Crippen LogP contribution in [0.2, 0.25) is 0 Å². The van der Waals surface area contributed by atoms with Gasteiger partial charge in [-0.05, 0) is 23.3 Å². The maximum atomic E-state index is 8.90. The van der Waals surface area contributed by atoms with E-state index in [9.17, 15) is 0 Å². The van der Waals surface area contributed by atoms with Gasteiger partial charge in [-0.3, -0.25) is 0 Å². The monoisotopic (exact) mass is 177 g/mol. The van der Waals surface area contributed by atoms with Crippen LogP contribution in [0.5, 0.6) is 0 Å². The fraction of sp³-hybridized carbons (Fsp3) is 0.300. The second-order valence-electron chi connectivity index (χ2n) is 2.74. The smallest absolute Gasteiger partial charge is 0.0991 e. The Kier molecular flexibility index (Phi) is 3.44. The molecule has 0 fully saturated rings. The Balaban J connectivity index is 3.01. The van der Waals surface area contributed by atoms with E-state index in [0.717, 1.165) is 11.1 Å². The third-order valence-electron chi connectivity index (χ3n) is 1.68. The maximum absolute atomic E-state index is 8.90. The lowest BCUT2D eigenvalue weighted by atomic mass is 10.1. The summed E-state index contributed by atoms with van der Waals surface area (Å²) in [5, 5.41) is 17.6. The van der Waals surface area contributed by atoms with Gasteiger partial charge in [0.05, 0.1) is 24.8 Å². The van der Waals surface area contributed by atoms with Gasteiger partial charge in [0.2, 0.25) is 0 Å². The molecule has 13 heavy (non-hydrogen) atoms. The first-order chi connectivity index (χ1) is 6.30. The van der Waals surface area contributed by atoms with E-state index in [0.29, 0.717) is 12.2 Å². The molecule has 0 aliphatic carbocycles. The highest BCUT2D eigenvalue weighted by Crippen LogP contribution is 2.10. The summed E-state index contributed by atoms with van der Waals surface area (Å²) in [6.07, 6.45) is 0. The summed E-state index contributed by atoms with van der Waals surface area (Å²) in [6, 6.07) is 7.28. The molecule has 1 aromatic carbocycles. The highest BCUT2D eigenvalue weighted by molar-refractivity contribution is 5.37. The van der Waals surface area contributed by atoms with E-state index >= 15 is 0 Å². The summed E-state index contributed by atoms with van der Waals surface area (Å²) in [5.41, 5.74) is 2.20. The van der Waals surface area contributed by atoms with Gasteiger partial charge in [0.25, 0.3) is 0 Å². The molecule has 0 atom stereocenters. The molecular formula is C10H11NO2. The largest absolute Gasteiger partial charge is 0.392 e. The molecule has 0 radical (unpaired) electrons. The molecular weight excluding hydrogens is 166 g/mol. The molecule has 0 aliphatic rings. The van der Waals surface area contributed by atoms with Crippen LogP contribution >= 0.6 is 0 Å². The van der Waals surface area contributed by atoms with Crippen LogP contribution in [0.3, 0.4) is 0 Å². The number of hydrogen-bond donors (Lipinski definition) is 1. The van der Waals surface area contributed by atoms with Crippen molar-refractivity contribution < 1.29 is 9.84 Å². The summed E-state index contributed by atoms with van der Waals surface area (Å²) >= 11 is 0. The van der Waals surface area contributed by atoms with Crippen molar-refractivity contribution in [3.63, 3.8) is 0 Å². The molecule has 3 nitrogen and oxygen atoms in total. The average molecular weight is 177 g/mol. The Morgan fingerprint density at radius 2 is 2.08 bits per heavy atom. The summed E-state index contributed by atoms with van der Waals surface area (Å²) in [4.78, 5) is 0. The van der Waals surface area contributed by atoms with Crippen molar-refractivity contribution in [1.29, 1.82) is 5.26 Å². The zero-order chi connectivity index (χ0) is 9.68. The van der Waals surface area contributed by atoms with E-state index in [1.807, 2.05) is 12.1 Å². The van der Waals surface area contributed by atoms with Crippen LogP contribution in [-0.4, -0.2) is 12.2 Å². The van der Waals surface area contributed by atoms with Crippen LogP contribution in [-0.2, 0) is 18.0 Å². The Hall–Kier alpha value is -1.37. The van der Waals surface area contributed by atoms with Gasteiger partial charge in [-0.25, -0.2) is 0 Å². The molecule has 0 saturated carbocycles. The van der Waals surface area contributed by atoms with Gasteiger partial charge in [-0.2, -0.15) is 5.26 Å². The first-order valence-electron chi connectivity index (χ1n) is 3.93. The van der Waals surface area contributed by atoms with Crippen molar-refractivity contribution in [3.05, 3.63) is 34.9 Å². The molecule has 1 N–H and O–H groups in total. The fourth-order valence-corrected chi connectivity index (χ4v) is 1.17. The van der Waals surface area contributed by atoms with Crippen molar-refractivity contribution >= 4 is 0 Å². The molecule has 3 heteroatoms. The first kappa shape index (κ1) is 9.72. The van der Waals surface area contributed by atoms with Crippen LogP contribution in [0.15, 0.2) is 18.2 Å². The summed E-state index contributed by atoms with van der Waals surface area (Å²) in [7, 11) is 1.59. The van der Waals surface area contributed by atoms with Crippen LogP contribution in [0.1, 0.15) is 16.7 Å². The highest BCUT2D eigenvalue weighted by Gasteiger charge is 1.99. The third kappa shape index (κ3) is 2.55. The third-order valence-corrected chi connectivity index (χ3v) is 1.68. The van der Waals surface area contributed by atoms with Crippen LogP contribution in [0.4, 0.5) is 0 Å². The van der Waals surface area contributed by atoms with Gasteiger partial charge in [0.15, 0.2) is 0 Å². The maximum Gasteiger partial charge on any atom is 0.0991 e. The van der Waals surface area contributed by atoms with E-state index in [1.165, 1.54) is 0 Å². The van der Waals surface area contributed by atoms with Gasteiger partial charge in [-0.1, -0.05) is 6.07 Å². The second kappa shape index (κ2) is 4.61. The minimum absolute atomic E-state index is 0.0494. The predicted molar refractivity (Wildman–Crippen MR) is 47.8 cm³/mol. The molecule has 0 unspecified atom stereocenters. The molecule has 0 aromatic heterocycles. The molecule has 68 valence electrons. The number of benzene rings is 1. The molecule has 1 aromatic rings. The van der Waals surface area contributed by atoms with Gasteiger partial charge >= 0.3 is 0 Å². The number of nitrogens with zero attached hydrogens (tertiary/aromatic N) is 1. The lowest BCUT2D eigenvalue weighted by Crippen LogP contribution is -1.92. The molecule has 1 rings (SSSR count). The number of rotatable bonds is 3. The highest BCUT2D eigenvalue weighted by atomic mass is 16.5. The van der Waals surface area contributed by atoms with Gasteiger partial charge in [0, 0.05) is 7.11 Å². The molecule has 0 bridgehead atoms. The van der Waals surface area contributed by atoms with E-state index in [1.54, 1.807) is 19.2 Å². The summed E-state index contributed by atoms with van der Waals surface area (Å²) in [6.45, 7) is 0.411. The molecule has 0 aliphatic heterocycles. The van der Waals surface area contributed by atoms with E-state index < -0.39 is 0 Å². The number of hydrogen-bond acceptors (Lipinski definition) is 3. The SMILES string of the molecule is COCc1cc(C#N)cc(CO)c1. The zero-order valence-corrected chi connectivity index (χ0v) is 7.45. The second-order valence-corrected chi connectivity index (χ2v) is 2.74. The Morgan fingerprint density at radius 3 is 2.62 bits per heavy atom. The Morgan fingerprint density at radius 1 is 1.38 bits per heavy atom. The summed E-state index contributed by atoms with van der Waals surface area (Å²) < 4.78 is 4.94. The van der Waals surface area contributed by atoms with Crippen molar-refractivity contribution in [2.24, 2.45) is 0 Å². The number of aliphatic hydroxyl groups excluding tert-OH is 1. The van der Waals surface area contributed by atoms with Gasteiger partial charge in [0.1, 0.15) is 0 Å². The minimum atomic E-state index is -0.0494. The Bertz CT molecular complexity index is 328. The normalized spacial score (nSPS) is 9.62. The van der Waals surface area contributed by atoms with Crippen LogP contribution in [0, 0.1) is 11.3 Å². The number of aliphatic hydroxyl groups is 1. The standard InChI is InChI=1S/C10H11NO2/c1-13-7-10-3-8(5-11)2-9(4-10)6-12/h2-4,12H,6-7H2,1H3. The predicted octanol–water partition coefficient (Wildman–Crippen LogP) is 1.20. The lowest BCUT2D eigenvalue weighted by molar-refractivity contribution is 0.184. The molecule has 0 heterocycles. The average Bonchev–Trinajstić information content (AvgIpc) is 2.17.